The third kappa shape index (κ3) is 1.54. The lowest BCUT2D eigenvalue weighted by molar-refractivity contribution is -0.117. The first kappa shape index (κ1) is 6.72. The van der Waals surface area contributed by atoms with Crippen LogP contribution in [0.4, 0.5) is 5.00 Å². The van der Waals surface area contributed by atoms with E-state index < -0.39 is 0 Å². The molecule has 1 aromatic heterocycles. The van der Waals surface area contributed by atoms with Gasteiger partial charge in [-0.2, -0.15) is 0 Å². The van der Waals surface area contributed by atoms with Gasteiger partial charge in [-0.15, -0.1) is 5.10 Å². The molecule has 58 valence electrons. The summed E-state index contributed by atoms with van der Waals surface area (Å²) < 4.78 is 3.63. The summed E-state index contributed by atoms with van der Waals surface area (Å²) in [6.45, 7) is 0. The smallest absolute Gasteiger partial charge is 0.228 e. The molecule has 0 spiro atoms. The van der Waals surface area contributed by atoms with Crippen LogP contribution in [0.5, 0.6) is 0 Å². The second kappa shape index (κ2) is 2.58. The Balaban J connectivity index is 1.94. The molecule has 1 amide bonds. The molecule has 0 aromatic carbocycles. The van der Waals surface area contributed by atoms with Crippen molar-refractivity contribution in [2.45, 2.75) is 12.8 Å². The van der Waals surface area contributed by atoms with Gasteiger partial charge in [0.25, 0.3) is 0 Å². The summed E-state index contributed by atoms with van der Waals surface area (Å²) in [4.78, 5) is 11.1. The lowest BCUT2D eigenvalue weighted by Crippen LogP contribution is -2.11. The van der Waals surface area contributed by atoms with Crippen molar-refractivity contribution in [3.8, 4) is 0 Å². The molecule has 1 heterocycles. The molecule has 1 N–H and O–H groups in total. The van der Waals surface area contributed by atoms with E-state index in [1.54, 1.807) is 6.20 Å². The molecule has 0 aliphatic heterocycles. The van der Waals surface area contributed by atoms with Crippen LogP contribution in [-0.4, -0.2) is 15.5 Å². The van der Waals surface area contributed by atoms with Crippen molar-refractivity contribution in [2.75, 3.05) is 5.32 Å². The molecule has 1 aliphatic carbocycles. The summed E-state index contributed by atoms with van der Waals surface area (Å²) in [5.74, 6) is 0.355. The Morgan fingerprint density at radius 1 is 1.73 bits per heavy atom. The second-order valence-corrected chi connectivity index (χ2v) is 3.33. The van der Waals surface area contributed by atoms with Crippen molar-refractivity contribution in [1.29, 1.82) is 0 Å². The van der Waals surface area contributed by atoms with Crippen molar-refractivity contribution in [3.05, 3.63) is 6.20 Å². The zero-order chi connectivity index (χ0) is 7.68. The molecule has 5 heteroatoms. The van der Waals surface area contributed by atoms with Crippen molar-refractivity contribution in [1.82, 2.24) is 9.59 Å². The fourth-order valence-corrected chi connectivity index (χ4v) is 1.21. The largest absolute Gasteiger partial charge is 0.315 e. The minimum atomic E-state index is 0.107. The SMILES string of the molecule is O=C(Nc1cnns1)C1CC1. The van der Waals surface area contributed by atoms with Gasteiger partial charge >= 0.3 is 0 Å². The number of rotatable bonds is 2. The average Bonchev–Trinajstić information content (AvgIpc) is 2.73. The van der Waals surface area contributed by atoms with Gasteiger partial charge < -0.3 is 5.32 Å². The van der Waals surface area contributed by atoms with Gasteiger partial charge in [-0.1, -0.05) is 4.49 Å². The lowest BCUT2D eigenvalue weighted by atomic mass is 10.4. The Kier molecular flexibility index (Phi) is 1.58. The first-order valence-electron chi connectivity index (χ1n) is 3.44. The number of carbonyl (C=O) groups is 1. The number of aromatic nitrogens is 2. The van der Waals surface area contributed by atoms with E-state index in [-0.39, 0.29) is 11.8 Å². The highest BCUT2D eigenvalue weighted by atomic mass is 32.1. The van der Waals surface area contributed by atoms with Crippen LogP contribution in [0.25, 0.3) is 0 Å². The summed E-state index contributed by atoms with van der Waals surface area (Å²) in [6.07, 6.45) is 3.61. The average molecular weight is 169 g/mol. The fraction of sp³-hybridized carbons (Fsp3) is 0.500. The normalized spacial score (nSPS) is 16.4. The first-order valence-corrected chi connectivity index (χ1v) is 4.22. The predicted molar refractivity (Wildman–Crippen MR) is 41.3 cm³/mol. The van der Waals surface area contributed by atoms with Crippen LogP contribution < -0.4 is 5.32 Å². The molecule has 0 bridgehead atoms. The van der Waals surface area contributed by atoms with Gasteiger partial charge in [-0.25, -0.2) is 0 Å². The number of hydrogen-bond donors (Lipinski definition) is 1. The number of carbonyl (C=O) groups excluding carboxylic acids is 1. The van der Waals surface area contributed by atoms with E-state index >= 15 is 0 Å². The topological polar surface area (TPSA) is 54.9 Å². The van der Waals surface area contributed by atoms with Crippen LogP contribution in [0.3, 0.4) is 0 Å². The third-order valence-corrected chi connectivity index (χ3v) is 2.14. The van der Waals surface area contributed by atoms with Gasteiger partial charge in [0.05, 0.1) is 6.20 Å². The number of hydrogen-bond acceptors (Lipinski definition) is 4. The molecule has 0 saturated heterocycles. The van der Waals surface area contributed by atoms with Crippen LogP contribution >= 0.6 is 11.5 Å². The number of anilines is 1. The maximum Gasteiger partial charge on any atom is 0.228 e. The molecule has 1 aliphatic rings. The molecule has 1 saturated carbocycles. The highest BCUT2D eigenvalue weighted by Crippen LogP contribution is 2.30. The van der Waals surface area contributed by atoms with Crippen LogP contribution in [0.15, 0.2) is 6.20 Å². The molecule has 1 aromatic rings. The quantitative estimate of drug-likeness (QED) is 0.715. The molecule has 1 fully saturated rings. The molecule has 0 atom stereocenters. The van der Waals surface area contributed by atoms with Crippen LogP contribution in [0.2, 0.25) is 0 Å². The highest BCUT2D eigenvalue weighted by molar-refractivity contribution is 7.10. The van der Waals surface area contributed by atoms with Gasteiger partial charge in [0.1, 0.15) is 5.00 Å². The molecular formula is C6H7N3OS. The molecule has 0 unspecified atom stereocenters. The molecule has 11 heavy (non-hydrogen) atoms. The van der Waals surface area contributed by atoms with E-state index in [0.29, 0.717) is 0 Å². The maximum absolute atomic E-state index is 11.1. The van der Waals surface area contributed by atoms with Gasteiger partial charge in [0, 0.05) is 17.5 Å². The Morgan fingerprint density at radius 3 is 3.09 bits per heavy atom. The molecular weight excluding hydrogens is 162 g/mol. The predicted octanol–water partition coefficient (Wildman–Crippen LogP) is 0.887. The van der Waals surface area contributed by atoms with Crippen molar-refractivity contribution >= 4 is 22.4 Å². The summed E-state index contributed by atoms with van der Waals surface area (Å²) in [5, 5.41) is 7.09. The van der Waals surface area contributed by atoms with Gasteiger partial charge in [-0.3, -0.25) is 4.79 Å². The van der Waals surface area contributed by atoms with Gasteiger partial charge in [0.15, 0.2) is 0 Å². The Hall–Kier alpha value is -0.970. The van der Waals surface area contributed by atoms with E-state index in [9.17, 15) is 4.79 Å². The molecule has 4 nitrogen and oxygen atoms in total. The van der Waals surface area contributed by atoms with Crippen molar-refractivity contribution in [3.63, 3.8) is 0 Å². The van der Waals surface area contributed by atoms with E-state index in [2.05, 4.69) is 14.9 Å². The minimum absolute atomic E-state index is 0.107. The lowest BCUT2D eigenvalue weighted by Gasteiger charge is -1.96. The monoisotopic (exact) mass is 169 g/mol. The van der Waals surface area contributed by atoms with Gasteiger partial charge in [0.2, 0.25) is 5.91 Å². The fourth-order valence-electron chi connectivity index (χ4n) is 0.791. The summed E-state index contributed by atoms with van der Waals surface area (Å²) in [6, 6.07) is 0. The third-order valence-electron chi connectivity index (χ3n) is 1.56. The summed E-state index contributed by atoms with van der Waals surface area (Å²) >= 11 is 1.20. The minimum Gasteiger partial charge on any atom is -0.315 e. The Labute approximate surface area is 67.8 Å². The number of nitrogens with zero attached hydrogens (tertiary/aromatic N) is 2. The zero-order valence-electron chi connectivity index (χ0n) is 5.78. The molecule has 0 radical (unpaired) electrons. The van der Waals surface area contributed by atoms with E-state index in [1.807, 2.05) is 0 Å². The summed E-state index contributed by atoms with van der Waals surface area (Å²) in [7, 11) is 0. The first-order chi connectivity index (χ1) is 5.36. The standard InChI is InChI=1S/C6H7N3OS/c10-6(4-1-2-4)8-5-3-7-9-11-5/h3-4H,1-2H2,(H,8,10). The van der Waals surface area contributed by atoms with Crippen molar-refractivity contribution in [2.24, 2.45) is 5.92 Å². The van der Waals surface area contributed by atoms with Crippen LogP contribution in [0, 0.1) is 5.92 Å². The van der Waals surface area contributed by atoms with Crippen LogP contribution in [0.1, 0.15) is 12.8 Å². The molecule has 2 rings (SSSR count). The van der Waals surface area contributed by atoms with Gasteiger partial charge in [-0.05, 0) is 12.8 Å². The Bertz CT molecular complexity index is 255. The van der Waals surface area contributed by atoms with Crippen LogP contribution in [-0.2, 0) is 4.79 Å². The zero-order valence-corrected chi connectivity index (χ0v) is 6.60. The highest BCUT2D eigenvalue weighted by Gasteiger charge is 2.29. The van der Waals surface area contributed by atoms with E-state index in [0.717, 1.165) is 17.8 Å². The maximum atomic E-state index is 11.1. The van der Waals surface area contributed by atoms with E-state index in [1.165, 1.54) is 11.5 Å². The Morgan fingerprint density at radius 2 is 2.55 bits per heavy atom. The summed E-state index contributed by atoms with van der Waals surface area (Å²) in [5.41, 5.74) is 0. The number of nitrogens with one attached hydrogen (secondary N) is 1. The second-order valence-electron chi connectivity index (χ2n) is 2.55. The van der Waals surface area contributed by atoms with E-state index in [4.69, 9.17) is 0 Å². The van der Waals surface area contributed by atoms with Crippen molar-refractivity contribution < 1.29 is 4.79 Å². The number of amides is 1.